The molecule has 0 aromatic carbocycles. The highest BCUT2D eigenvalue weighted by Gasteiger charge is 2.52. The summed E-state index contributed by atoms with van der Waals surface area (Å²) in [7, 11) is 0. The van der Waals surface area contributed by atoms with E-state index < -0.39 is 23.5 Å². The van der Waals surface area contributed by atoms with Crippen molar-refractivity contribution >= 4 is 11.9 Å². The van der Waals surface area contributed by atoms with E-state index in [9.17, 15) is 9.59 Å². The minimum atomic E-state index is -2.14. The first kappa shape index (κ1) is 8.73. The van der Waals surface area contributed by atoms with Gasteiger partial charge in [-0.2, -0.15) is 0 Å². The highest BCUT2D eigenvalue weighted by atomic mass is 16.4. The molecule has 0 spiro atoms. The average molecular weight is 172 g/mol. The zero-order valence-corrected chi connectivity index (χ0v) is 6.10. The van der Waals surface area contributed by atoms with E-state index in [1.54, 1.807) is 0 Å². The lowest BCUT2D eigenvalue weighted by atomic mass is 9.85. The summed E-state index contributed by atoms with van der Waals surface area (Å²) < 4.78 is 0. The Bertz CT molecular complexity index is 241. The van der Waals surface area contributed by atoms with Crippen molar-refractivity contribution in [2.75, 3.05) is 0 Å². The fraction of sp³-hybridized carbons (Fsp3) is 0.429. The molecule has 0 aromatic rings. The van der Waals surface area contributed by atoms with Crippen LogP contribution in [-0.4, -0.2) is 33.4 Å². The van der Waals surface area contributed by atoms with Crippen molar-refractivity contribution in [2.24, 2.45) is 5.41 Å². The van der Waals surface area contributed by atoms with E-state index in [1.807, 2.05) is 0 Å². The Balaban J connectivity index is 3.10. The van der Waals surface area contributed by atoms with Crippen LogP contribution in [0.3, 0.4) is 0 Å². The molecule has 0 fully saturated rings. The quantitative estimate of drug-likeness (QED) is 0.384. The number of aliphatic hydroxyl groups is 1. The maximum absolute atomic E-state index is 10.6. The van der Waals surface area contributed by atoms with Crippen LogP contribution in [0.5, 0.6) is 0 Å². The predicted octanol–water partition coefficient (Wildman–Crippen LogP) is -0.537. The maximum atomic E-state index is 10.6. The lowest BCUT2D eigenvalue weighted by Gasteiger charge is -2.21. The SMILES string of the molecule is O=C(O)C1(C(=O)O)C=CCC1O. The van der Waals surface area contributed by atoms with Crippen molar-refractivity contribution in [3.8, 4) is 0 Å². The number of aliphatic hydroxyl groups excluding tert-OH is 1. The number of carbonyl (C=O) groups is 2. The van der Waals surface area contributed by atoms with Gasteiger partial charge in [-0.25, -0.2) is 0 Å². The standard InChI is InChI=1S/C7H8O5/c8-4-2-1-3-7(4,5(9)10)6(11)12/h1,3-4,8H,2H2,(H,9,10)(H,11,12). The smallest absolute Gasteiger partial charge is 0.327 e. The average Bonchev–Trinajstić information content (AvgIpc) is 2.31. The second-order valence-corrected chi connectivity index (χ2v) is 2.63. The third-order valence-corrected chi connectivity index (χ3v) is 1.97. The summed E-state index contributed by atoms with van der Waals surface area (Å²) in [4.78, 5) is 21.2. The predicted molar refractivity (Wildman–Crippen MR) is 37.5 cm³/mol. The Morgan fingerprint density at radius 1 is 1.33 bits per heavy atom. The third-order valence-electron chi connectivity index (χ3n) is 1.97. The van der Waals surface area contributed by atoms with Crippen molar-refractivity contribution in [2.45, 2.75) is 12.5 Å². The first-order valence-electron chi connectivity index (χ1n) is 3.34. The number of carboxylic acid groups (broad SMARTS) is 2. The molecule has 0 aliphatic heterocycles. The van der Waals surface area contributed by atoms with E-state index >= 15 is 0 Å². The van der Waals surface area contributed by atoms with Gasteiger partial charge in [-0.05, 0) is 6.42 Å². The molecule has 0 aromatic heterocycles. The molecule has 1 aliphatic carbocycles. The zero-order valence-electron chi connectivity index (χ0n) is 6.10. The molecule has 1 aliphatic rings. The molecule has 0 saturated heterocycles. The van der Waals surface area contributed by atoms with Crippen LogP contribution in [0.4, 0.5) is 0 Å². The molecule has 3 N–H and O–H groups in total. The Kier molecular flexibility index (Phi) is 1.89. The monoisotopic (exact) mass is 172 g/mol. The van der Waals surface area contributed by atoms with Crippen LogP contribution < -0.4 is 0 Å². The van der Waals surface area contributed by atoms with Crippen LogP contribution in [0.2, 0.25) is 0 Å². The van der Waals surface area contributed by atoms with Gasteiger partial charge in [0.25, 0.3) is 0 Å². The minimum absolute atomic E-state index is 0.0681. The van der Waals surface area contributed by atoms with Crippen LogP contribution in [0.1, 0.15) is 6.42 Å². The van der Waals surface area contributed by atoms with E-state index in [0.29, 0.717) is 0 Å². The Morgan fingerprint density at radius 3 is 2.00 bits per heavy atom. The van der Waals surface area contributed by atoms with Gasteiger partial charge in [-0.15, -0.1) is 0 Å². The van der Waals surface area contributed by atoms with Gasteiger partial charge in [0.05, 0.1) is 6.10 Å². The molecule has 5 heteroatoms. The summed E-state index contributed by atoms with van der Waals surface area (Å²) >= 11 is 0. The number of aliphatic carboxylic acids is 2. The van der Waals surface area contributed by atoms with Gasteiger partial charge in [-0.3, -0.25) is 9.59 Å². The summed E-state index contributed by atoms with van der Waals surface area (Å²) in [5.41, 5.74) is -2.14. The number of rotatable bonds is 2. The molecule has 1 unspecified atom stereocenters. The topological polar surface area (TPSA) is 94.8 Å². The van der Waals surface area contributed by atoms with E-state index in [-0.39, 0.29) is 6.42 Å². The van der Waals surface area contributed by atoms with E-state index in [1.165, 1.54) is 6.08 Å². The van der Waals surface area contributed by atoms with Crippen LogP contribution in [0.15, 0.2) is 12.2 Å². The summed E-state index contributed by atoms with van der Waals surface area (Å²) in [5.74, 6) is -3.06. The van der Waals surface area contributed by atoms with E-state index in [2.05, 4.69) is 0 Å². The molecule has 0 bridgehead atoms. The molecule has 66 valence electrons. The minimum Gasteiger partial charge on any atom is -0.480 e. The second kappa shape index (κ2) is 2.60. The largest absolute Gasteiger partial charge is 0.480 e. The molecule has 12 heavy (non-hydrogen) atoms. The van der Waals surface area contributed by atoms with Crippen LogP contribution in [-0.2, 0) is 9.59 Å². The maximum Gasteiger partial charge on any atom is 0.327 e. The fourth-order valence-electron chi connectivity index (χ4n) is 1.20. The Morgan fingerprint density at radius 2 is 1.83 bits per heavy atom. The summed E-state index contributed by atoms with van der Waals surface area (Å²) in [6.45, 7) is 0. The van der Waals surface area contributed by atoms with Gasteiger partial charge in [0.2, 0.25) is 5.41 Å². The first-order chi connectivity index (χ1) is 5.51. The van der Waals surface area contributed by atoms with Crippen molar-refractivity contribution < 1.29 is 24.9 Å². The summed E-state index contributed by atoms with van der Waals surface area (Å²) in [5, 5.41) is 26.4. The van der Waals surface area contributed by atoms with Crippen molar-refractivity contribution in [3.63, 3.8) is 0 Å². The zero-order chi connectivity index (χ0) is 9.35. The van der Waals surface area contributed by atoms with Crippen LogP contribution in [0, 0.1) is 5.41 Å². The van der Waals surface area contributed by atoms with Gasteiger partial charge >= 0.3 is 11.9 Å². The first-order valence-corrected chi connectivity index (χ1v) is 3.34. The lowest BCUT2D eigenvalue weighted by Crippen LogP contribution is -2.45. The molecule has 0 radical (unpaired) electrons. The van der Waals surface area contributed by atoms with Crippen LogP contribution in [0.25, 0.3) is 0 Å². The number of hydrogen-bond donors (Lipinski definition) is 3. The normalized spacial score (nSPS) is 25.6. The lowest BCUT2D eigenvalue weighted by molar-refractivity contribution is -0.166. The molecule has 0 saturated carbocycles. The Labute approximate surface area is 67.9 Å². The fourth-order valence-corrected chi connectivity index (χ4v) is 1.20. The van der Waals surface area contributed by atoms with Gasteiger partial charge in [0.1, 0.15) is 0 Å². The van der Waals surface area contributed by atoms with E-state index in [0.717, 1.165) is 6.08 Å². The molecular formula is C7H8O5. The Hall–Kier alpha value is -1.36. The van der Waals surface area contributed by atoms with Gasteiger partial charge in [-0.1, -0.05) is 12.2 Å². The van der Waals surface area contributed by atoms with Crippen molar-refractivity contribution in [3.05, 3.63) is 12.2 Å². The van der Waals surface area contributed by atoms with Gasteiger partial charge < -0.3 is 15.3 Å². The highest BCUT2D eigenvalue weighted by molar-refractivity contribution is 6.01. The van der Waals surface area contributed by atoms with Crippen LogP contribution >= 0.6 is 0 Å². The summed E-state index contributed by atoms with van der Waals surface area (Å²) in [6.07, 6.45) is 1.07. The van der Waals surface area contributed by atoms with Crippen molar-refractivity contribution in [1.29, 1.82) is 0 Å². The molecule has 1 rings (SSSR count). The van der Waals surface area contributed by atoms with E-state index in [4.69, 9.17) is 15.3 Å². The molecule has 0 heterocycles. The summed E-state index contributed by atoms with van der Waals surface area (Å²) in [6, 6.07) is 0. The second-order valence-electron chi connectivity index (χ2n) is 2.63. The third kappa shape index (κ3) is 0.902. The molecule has 0 amide bonds. The van der Waals surface area contributed by atoms with Gasteiger partial charge in [0.15, 0.2) is 0 Å². The van der Waals surface area contributed by atoms with Crippen molar-refractivity contribution in [1.82, 2.24) is 0 Å². The highest BCUT2D eigenvalue weighted by Crippen LogP contribution is 2.32. The number of hydrogen-bond acceptors (Lipinski definition) is 3. The molecular weight excluding hydrogens is 164 g/mol. The molecule has 1 atom stereocenters. The van der Waals surface area contributed by atoms with Gasteiger partial charge in [0, 0.05) is 0 Å². The molecule has 5 nitrogen and oxygen atoms in total. The number of carboxylic acids is 2.